The Morgan fingerprint density at radius 1 is 1.27 bits per heavy atom. The van der Waals surface area contributed by atoms with Gasteiger partial charge >= 0.3 is 0 Å². The van der Waals surface area contributed by atoms with E-state index < -0.39 is 10.0 Å². The summed E-state index contributed by atoms with van der Waals surface area (Å²) in [7, 11) is -2.09. The molecule has 1 aliphatic rings. The summed E-state index contributed by atoms with van der Waals surface area (Å²) in [5, 5.41) is 2.51. The van der Waals surface area contributed by atoms with Crippen LogP contribution in [0.15, 0.2) is 47.5 Å². The molecular formula is C18H21N3O4S. The second kappa shape index (κ2) is 7.43. The van der Waals surface area contributed by atoms with Gasteiger partial charge in [0.15, 0.2) is 0 Å². The van der Waals surface area contributed by atoms with Crippen molar-refractivity contribution < 1.29 is 17.9 Å². The average Bonchev–Trinajstić information content (AvgIpc) is 3.12. The van der Waals surface area contributed by atoms with Crippen molar-refractivity contribution in [2.75, 3.05) is 20.1 Å². The van der Waals surface area contributed by atoms with Crippen LogP contribution in [-0.4, -0.2) is 49.9 Å². The third kappa shape index (κ3) is 3.71. The van der Waals surface area contributed by atoms with E-state index in [0.717, 1.165) is 5.69 Å². The van der Waals surface area contributed by atoms with Crippen LogP contribution in [0.5, 0.6) is 5.75 Å². The molecule has 1 aliphatic heterocycles. The quantitative estimate of drug-likeness (QED) is 0.857. The third-order valence-electron chi connectivity index (χ3n) is 4.34. The van der Waals surface area contributed by atoms with E-state index in [2.05, 4.69) is 10.3 Å². The summed E-state index contributed by atoms with van der Waals surface area (Å²) in [6, 6.07) is 9.55. The molecule has 1 aromatic carbocycles. The second-order valence-corrected chi connectivity index (χ2v) is 8.02. The van der Waals surface area contributed by atoms with Crippen molar-refractivity contribution in [1.82, 2.24) is 14.6 Å². The van der Waals surface area contributed by atoms with E-state index in [1.54, 1.807) is 12.3 Å². The van der Waals surface area contributed by atoms with Gasteiger partial charge in [0.25, 0.3) is 5.91 Å². The fraction of sp³-hybridized carbons (Fsp3) is 0.333. The van der Waals surface area contributed by atoms with E-state index in [1.165, 1.54) is 35.6 Å². The molecule has 3 rings (SSSR count). The molecule has 8 heteroatoms. The Labute approximate surface area is 153 Å². The molecule has 1 atom stereocenters. The number of hydrogen-bond donors (Lipinski definition) is 1. The zero-order valence-electron chi connectivity index (χ0n) is 14.7. The first-order valence-electron chi connectivity index (χ1n) is 8.32. The maximum absolute atomic E-state index is 12.8. The van der Waals surface area contributed by atoms with Crippen LogP contribution >= 0.6 is 0 Å². The summed E-state index contributed by atoms with van der Waals surface area (Å²) in [4.78, 5) is 15.9. The minimum absolute atomic E-state index is 0.170. The van der Waals surface area contributed by atoms with Crippen LogP contribution in [0, 0.1) is 6.92 Å². The number of aryl methyl sites for hydroxylation is 1. The molecule has 1 unspecified atom stereocenters. The Kier molecular flexibility index (Phi) is 5.24. The van der Waals surface area contributed by atoms with Gasteiger partial charge in [-0.1, -0.05) is 0 Å². The van der Waals surface area contributed by atoms with E-state index in [4.69, 9.17) is 4.74 Å². The fourth-order valence-electron chi connectivity index (χ4n) is 2.86. The van der Waals surface area contributed by atoms with E-state index >= 15 is 0 Å². The molecule has 0 spiro atoms. The molecule has 0 aliphatic carbocycles. The Bertz CT molecular complexity index is 897. The van der Waals surface area contributed by atoms with E-state index in [1.807, 2.05) is 13.0 Å². The lowest BCUT2D eigenvalue weighted by atomic mass is 10.2. The summed E-state index contributed by atoms with van der Waals surface area (Å²) < 4.78 is 32.9. The summed E-state index contributed by atoms with van der Waals surface area (Å²) >= 11 is 0. The van der Waals surface area contributed by atoms with Gasteiger partial charge in [-0.2, -0.15) is 4.31 Å². The van der Waals surface area contributed by atoms with Crippen LogP contribution in [-0.2, 0) is 10.0 Å². The number of hydrogen-bond acceptors (Lipinski definition) is 5. The Morgan fingerprint density at radius 3 is 2.65 bits per heavy atom. The maximum atomic E-state index is 12.8. The number of pyridine rings is 1. The van der Waals surface area contributed by atoms with Crippen molar-refractivity contribution in [2.45, 2.75) is 24.3 Å². The number of ether oxygens (including phenoxy) is 1. The monoisotopic (exact) mass is 375 g/mol. The predicted octanol–water partition coefficient (Wildman–Crippen LogP) is 1.59. The SMILES string of the molecule is CNC(=O)c1ccc(S(=O)(=O)N2CCC(Oc3cccnc3C)C2)cc1. The van der Waals surface area contributed by atoms with Gasteiger partial charge in [-0.05, 0) is 49.7 Å². The molecule has 26 heavy (non-hydrogen) atoms. The van der Waals surface area contributed by atoms with Crippen LogP contribution in [0.3, 0.4) is 0 Å². The first kappa shape index (κ1) is 18.3. The summed E-state index contributed by atoms with van der Waals surface area (Å²) in [5.74, 6) is 0.419. The fourth-order valence-corrected chi connectivity index (χ4v) is 4.34. The molecule has 1 saturated heterocycles. The maximum Gasteiger partial charge on any atom is 0.251 e. The van der Waals surface area contributed by atoms with Gasteiger partial charge < -0.3 is 10.1 Å². The number of rotatable bonds is 5. The molecule has 0 saturated carbocycles. The van der Waals surface area contributed by atoms with Crippen LogP contribution in [0.4, 0.5) is 0 Å². The lowest BCUT2D eigenvalue weighted by Crippen LogP contribution is -2.31. The molecule has 0 bridgehead atoms. The van der Waals surface area contributed by atoms with Crippen molar-refractivity contribution in [3.05, 3.63) is 53.9 Å². The second-order valence-electron chi connectivity index (χ2n) is 6.08. The zero-order valence-corrected chi connectivity index (χ0v) is 15.5. The Morgan fingerprint density at radius 2 is 2.00 bits per heavy atom. The van der Waals surface area contributed by atoms with Gasteiger partial charge in [-0.15, -0.1) is 0 Å². The molecule has 1 aromatic heterocycles. The standard InChI is InChI=1S/C18H21N3O4S/c1-13-17(4-3-10-20-13)25-15-9-11-21(12-15)26(23,24)16-7-5-14(6-8-16)18(22)19-2/h3-8,10,15H,9,11-12H2,1-2H3,(H,19,22). The minimum Gasteiger partial charge on any atom is -0.487 e. The van der Waals surface area contributed by atoms with Crippen LogP contribution in [0.2, 0.25) is 0 Å². The van der Waals surface area contributed by atoms with Gasteiger partial charge in [-0.25, -0.2) is 8.42 Å². The third-order valence-corrected chi connectivity index (χ3v) is 6.22. The molecule has 1 N–H and O–H groups in total. The summed E-state index contributed by atoms with van der Waals surface area (Å²) in [6.07, 6.45) is 2.10. The van der Waals surface area contributed by atoms with Gasteiger partial charge in [0.05, 0.1) is 17.1 Å². The number of nitrogens with zero attached hydrogens (tertiary/aromatic N) is 2. The van der Waals surface area contributed by atoms with E-state index in [-0.39, 0.29) is 23.5 Å². The van der Waals surface area contributed by atoms with E-state index in [9.17, 15) is 13.2 Å². The van der Waals surface area contributed by atoms with E-state index in [0.29, 0.717) is 24.3 Å². The Hall–Kier alpha value is -2.45. The van der Waals surface area contributed by atoms with Gasteiger partial charge in [-0.3, -0.25) is 9.78 Å². The van der Waals surface area contributed by atoms with Crippen molar-refractivity contribution in [1.29, 1.82) is 0 Å². The molecule has 138 valence electrons. The normalized spacial score (nSPS) is 17.8. The Balaban J connectivity index is 1.71. The van der Waals surface area contributed by atoms with Gasteiger partial charge in [0.1, 0.15) is 11.9 Å². The van der Waals surface area contributed by atoms with Crippen LogP contribution in [0.25, 0.3) is 0 Å². The molecule has 7 nitrogen and oxygen atoms in total. The number of amides is 1. The highest BCUT2D eigenvalue weighted by atomic mass is 32.2. The number of aromatic nitrogens is 1. The molecule has 1 fully saturated rings. The van der Waals surface area contributed by atoms with Gasteiger partial charge in [0.2, 0.25) is 10.0 Å². The first-order chi connectivity index (χ1) is 12.4. The number of nitrogens with one attached hydrogen (secondary N) is 1. The highest BCUT2D eigenvalue weighted by molar-refractivity contribution is 7.89. The lowest BCUT2D eigenvalue weighted by Gasteiger charge is -2.18. The van der Waals surface area contributed by atoms with Crippen LogP contribution in [0.1, 0.15) is 22.5 Å². The zero-order chi connectivity index (χ0) is 18.7. The lowest BCUT2D eigenvalue weighted by molar-refractivity contribution is 0.0963. The topological polar surface area (TPSA) is 88.6 Å². The smallest absolute Gasteiger partial charge is 0.251 e. The number of carbonyl (C=O) groups excluding carboxylic acids is 1. The number of carbonyl (C=O) groups is 1. The van der Waals surface area contributed by atoms with Gasteiger partial charge in [0, 0.05) is 25.4 Å². The van der Waals surface area contributed by atoms with Crippen molar-refractivity contribution in [2.24, 2.45) is 0 Å². The summed E-state index contributed by atoms with van der Waals surface area (Å²) in [6.45, 7) is 2.53. The van der Waals surface area contributed by atoms with Crippen molar-refractivity contribution in [3.8, 4) is 5.75 Å². The molecule has 0 radical (unpaired) electrons. The van der Waals surface area contributed by atoms with Crippen molar-refractivity contribution in [3.63, 3.8) is 0 Å². The highest BCUT2D eigenvalue weighted by Crippen LogP contribution is 2.25. The van der Waals surface area contributed by atoms with Crippen molar-refractivity contribution >= 4 is 15.9 Å². The molecular weight excluding hydrogens is 354 g/mol. The largest absolute Gasteiger partial charge is 0.487 e. The molecule has 2 heterocycles. The first-order valence-corrected chi connectivity index (χ1v) is 9.76. The minimum atomic E-state index is -3.62. The molecule has 1 amide bonds. The summed E-state index contributed by atoms with van der Waals surface area (Å²) in [5.41, 5.74) is 1.19. The number of sulfonamides is 1. The predicted molar refractivity (Wildman–Crippen MR) is 96.6 cm³/mol. The number of benzene rings is 1. The highest BCUT2D eigenvalue weighted by Gasteiger charge is 2.33. The van der Waals surface area contributed by atoms with Crippen LogP contribution < -0.4 is 10.1 Å². The average molecular weight is 375 g/mol. The molecule has 2 aromatic rings.